The van der Waals surface area contributed by atoms with Crippen molar-refractivity contribution in [2.75, 3.05) is 39.9 Å². The summed E-state index contributed by atoms with van der Waals surface area (Å²) in [5.41, 5.74) is 0.255. The van der Waals surface area contributed by atoms with Crippen LogP contribution in [-0.2, 0) is 9.53 Å². The van der Waals surface area contributed by atoms with Crippen molar-refractivity contribution in [3.8, 4) is 29.6 Å². The number of rotatable bonds is 9. The van der Waals surface area contributed by atoms with Crippen LogP contribution in [0.5, 0.6) is 17.2 Å². The molecule has 0 bridgehead atoms. The standard InChI is InChI=1S/C17H21NO6S/c1-6-7-25-10-12(17(20)24-5)18-16(19)11-8-13(21-2)15(23-4)14(9-11)22-3/h1,8-9,12H,7,10H2,2-5H3,(H,18,19)/t12-/m0/s1. The summed E-state index contributed by atoms with van der Waals surface area (Å²) in [6.45, 7) is 0. The van der Waals surface area contributed by atoms with E-state index in [9.17, 15) is 9.59 Å². The topological polar surface area (TPSA) is 83.1 Å². The maximum absolute atomic E-state index is 12.5. The Hall–Kier alpha value is -2.53. The molecule has 8 heteroatoms. The molecule has 0 unspecified atom stereocenters. The Bertz CT molecular complexity index is 630. The monoisotopic (exact) mass is 367 g/mol. The molecular formula is C17H21NO6S. The zero-order chi connectivity index (χ0) is 18.8. The Morgan fingerprint density at radius 1 is 1.16 bits per heavy atom. The predicted octanol–water partition coefficient (Wildman–Crippen LogP) is 1.35. The van der Waals surface area contributed by atoms with Crippen molar-refractivity contribution < 1.29 is 28.5 Å². The second-order valence-corrected chi connectivity index (χ2v) is 5.71. The average molecular weight is 367 g/mol. The molecule has 1 rings (SSSR count). The molecule has 1 amide bonds. The number of methoxy groups -OCH3 is 4. The molecule has 1 aromatic carbocycles. The van der Waals surface area contributed by atoms with Gasteiger partial charge in [-0.15, -0.1) is 18.2 Å². The molecule has 0 saturated carbocycles. The highest BCUT2D eigenvalue weighted by Gasteiger charge is 2.24. The van der Waals surface area contributed by atoms with Crippen LogP contribution in [0, 0.1) is 12.3 Å². The van der Waals surface area contributed by atoms with Gasteiger partial charge in [-0.3, -0.25) is 4.79 Å². The molecule has 25 heavy (non-hydrogen) atoms. The van der Waals surface area contributed by atoms with Crippen LogP contribution in [-0.4, -0.2) is 57.9 Å². The van der Waals surface area contributed by atoms with E-state index < -0.39 is 17.9 Å². The maximum atomic E-state index is 12.5. The first-order valence-corrected chi connectivity index (χ1v) is 8.37. The number of thioether (sulfide) groups is 1. The number of hydrogen-bond acceptors (Lipinski definition) is 7. The first kappa shape index (κ1) is 20.5. The third-order valence-corrected chi connectivity index (χ3v) is 4.13. The van der Waals surface area contributed by atoms with Crippen LogP contribution in [0.1, 0.15) is 10.4 Å². The van der Waals surface area contributed by atoms with Crippen LogP contribution in [0.3, 0.4) is 0 Å². The number of hydrogen-bond donors (Lipinski definition) is 1. The fraction of sp³-hybridized carbons (Fsp3) is 0.412. The van der Waals surface area contributed by atoms with Crippen molar-refractivity contribution in [3.05, 3.63) is 17.7 Å². The summed E-state index contributed by atoms with van der Waals surface area (Å²) >= 11 is 1.34. The largest absolute Gasteiger partial charge is 0.493 e. The van der Waals surface area contributed by atoms with Gasteiger partial charge in [-0.1, -0.05) is 5.92 Å². The van der Waals surface area contributed by atoms with Gasteiger partial charge < -0.3 is 24.3 Å². The summed E-state index contributed by atoms with van der Waals surface area (Å²) in [6, 6.07) is 2.18. The highest BCUT2D eigenvalue weighted by molar-refractivity contribution is 7.99. The summed E-state index contributed by atoms with van der Waals surface area (Å²) in [6.07, 6.45) is 5.19. The molecular weight excluding hydrogens is 346 g/mol. The molecule has 0 aromatic heterocycles. The average Bonchev–Trinajstić information content (AvgIpc) is 2.65. The minimum absolute atomic E-state index is 0.255. The summed E-state index contributed by atoms with van der Waals surface area (Å²) in [4.78, 5) is 24.4. The van der Waals surface area contributed by atoms with E-state index in [1.807, 2.05) is 0 Å². The quantitative estimate of drug-likeness (QED) is 0.401. The molecule has 7 nitrogen and oxygen atoms in total. The molecule has 0 fully saturated rings. The number of benzene rings is 1. The minimum Gasteiger partial charge on any atom is -0.493 e. The molecule has 0 saturated heterocycles. The molecule has 0 aliphatic rings. The van der Waals surface area contributed by atoms with E-state index in [2.05, 4.69) is 11.2 Å². The number of amides is 1. The fourth-order valence-electron chi connectivity index (χ4n) is 2.00. The van der Waals surface area contributed by atoms with Gasteiger partial charge in [0.2, 0.25) is 5.75 Å². The van der Waals surface area contributed by atoms with Gasteiger partial charge in [-0.2, -0.15) is 0 Å². The number of esters is 1. The van der Waals surface area contributed by atoms with Crippen LogP contribution in [0.25, 0.3) is 0 Å². The number of carbonyl (C=O) groups excluding carboxylic acids is 2. The lowest BCUT2D eigenvalue weighted by Gasteiger charge is -2.17. The summed E-state index contributed by atoms with van der Waals surface area (Å²) in [5.74, 6) is 3.20. The molecule has 0 radical (unpaired) electrons. The normalized spacial score (nSPS) is 11.0. The van der Waals surface area contributed by atoms with Crippen molar-refractivity contribution >= 4 is 23.6 Å². The molecule has 0 aliphatic carbocycles. The summed E-state index contributed by atoms with van der Waals surface area (Å²) in [5, 5.41) is 2.63. The van der Waals surface area contributed by atoms with Gasteiger partial charge >= 0.3 is 5.97 Å². The fourth-order valence-corrected chi connectivity index (χ4v) is 2.69. The summed E-state index contributed by atoms with van der Waals surface area (Å²) in [7, 11) is 5.63. The second kappa shape index (κ2) is 10.4. The van der Waals surface area contributed by atoms with Gasteiger partial charge in [0.15, 0.2) is 11.5 Å². The van der Waals surface area contributed by atoms with Crippen molar-refractivity contribution in [2.45, 2.75) is 6.04 Å². The van der Waals surface area contributed by atoms with E-state index in [1.165, 1.54) is 52.3 Å². The minimum atomic E-state index is -0.824. The van der Waals surface area contributed by atoms with Gasteiger partial charge in [-0.25, -0.2) is 4.79 Å². The van der Waals surface area contributed by atoms with Gasteiger partial charge in [0.1, 0.15) is 6.04 Å². The molecule has 136 valence electrons. The van der Waals surface area contributed by atoms with Gasteiger partial charge in [0, 0.05) is 11.3 Å². The SMILES string of the molecule is C#CCSC[C@H](NC(=O)c1cc(OC)c(OC)c(OC)c1)C(=O)OC. The lowest BCUT2D eigenvalue weighted by molar-refractivity contribution is -0.142. The van der Waals surface area contributed by atoms with Crippen LogP contribution in [0.15, 0.2) is 12.1 Å². The molecule has 0 spiro atoms. The van der Waals surface area contributed by atoms with Crippen molar-refractivity contribution in [2.24, 2.45) is 0 Å². The first-order valence-electron chi connectivity index (χ1n) is 7.22. The highest BCUT2D eigenvalue weighted by atomic mass is 32.2. The Morgan fingerprint density at radius 3 is 2.20 bits per heavy atom. The van der Waals surface area contributed by atoms with E-state index in [-0.39, 0.29) is 5.56 Å². The predicted molar refractivity (Wildman–Crippen MR) is 95.5 cm³/mol. The lowest BCUT2D eigenvalue weighted by Crippen LogP contribution is -2.43. The number of terminal acetylenes is 1. The number of nitrogens with one attached hydrogen (secondary N) is 1. The van der Waals surface area contributed by atoms with Gasteiger partial charge in [0.05, 0.1) is 34.2 Å². The van der Waals surface area contributed by atoms with E-state index in [0.717, 1.165) is 0 Å². The third-order valence-electron chi connectivity index (χ3n) is 3.19. The van der Waals surface area contributed by atoms with Crippen LogP contribution in [0.2, 0.25) is 0 Å². The molecule has 0 heterocycles. The Balaban J connectivity index is 3.04. The lowest BCUT2D eigenvalue weighted by atomic mass is 10.1. The van der Waals surface area contributed by atoms with E-state index >= 15 is 0 Å². The van der Waals surface area contributed by atoms with Crippen LogP contribution in [0.4, 0.5) is 0 Å². The van der Waals surface area contributed by atoms with Crippen molar-refractivity contribution in [1.82, 2.24) is 5.32 Å². The van der Waals surface area contributed by atoms with Crippen LogP contribution >= 0.6 is 11.8 Å². The zero-order valence-electron chi connectivity index (χ0n) is 14.6. The summed E-state index contributed by atoms with van der Waals surface area (Å²) < 4.78 is 20.4. The molecule has 1 aromatic rings. The Labute approximate surface area is 151 Å². The smallest absolute Gasteiger partial charge is 0.329 e. The number of carbonyl (C=O) groups is 2. The van der Waals surface area contributed by atoms with E-state index in [1.54, 1.807) is 0 Å². The molecule has 1 N–H and O–H groups in total. The van der Waals surface area contributed by atoms with Gasteiger partial charge in [0.25, 0.3) is 5.91 Å². The van der Waals surface area contributed by atoms with E-state index in [4.69, 9.17) is 25.4 Å². The molecule has 1 atom stereocenters. The van der Waals surface area contributed by atoms with Crippen LogP contribution < -0.4 is 19.5 Å². The Morgan fingerprint density at radius 2 is 1.76 bits per heavy atom. The maximum Gasteiger partial charge on any atom is 0.329 e. The second-order valence-electron chi connectivity index (χ2n) is 4.68. The molecule has 0 aliphatic heterocycles. The van der Waals surface area contributed by atoms with Gasteiger partial charge in [-0.05, 0) is 12.1 Å². The van der Waals surface area contributed by atoms with E-state index in [0.29, 0.717) is 28.8 Å². The Kier molecular flexibility index (Phi) is 8.50. The first-order chi connectivity index (χ1) is 12.0. The zero-order valence-corrected chi connectivity index (χ0v) is 15.4. The van der Waals surface area contributed by atoms with Crippen molar-refractivity contribution in [1.29, 1.82) is 0 Å². The highest BCUT2D eigenvalue weighted by Crippen LogP contribution is 2.38. The van der Waals surface area contributed by atoms with Crippen molar-refractivity contribution in [3.63, 3.8) is 0 Å². The number of ether oxygens (including phenoxy) is 4. The third kappa shape index (κ3) is 5.50.